The molecule has 0 amide bonds. The Kier molecular flexibility index (Phi) is 4.95. The molecule has 2 heterocycles. The highest BCUT2D eigenvalue weighted by Gasteiger charge is 2.27. The monoisotopic (exact) mass is 294 g/mol. The number of anilines is 2. The Morgan fingerprint density at radius 1 is 1.33 bits per heavy atom. The van der Waals surface area contributed by atoms with Gasteiger partial charge in [-0.3, -0.25) is 10.1 Å². The zero-order valence-electron chi connectivity index (χ0n) is 12.5. The lowest BCUT2D eigenvalue weighted by Gasteiger charge is -2.33. The molecule has 0 bridgehead atoms. The van der Waals surface area contributed by atoms with Gasteiger partial charge in [0.15, 0.2) is 0 Å². The van der Waals surface area contributed by atoms with E-state index in [9.17, 15) is 10.1 Å². The fourth-order valence-corrected chi connectivity index (χ4v) is 2.33. The van der Waals surface area contributed by atoms with Crippen LogP contribution in [0.15, 0.2) is 12.1 Å². The molecular formula is C14H22N4O3. The summed E-state index contributed by atoms with van der Waals surface area (Å²) < 4.78 is 5.38. The Hall–Kier alpha value is -1.89. The summed E-state index contributed by atoms with van der Waals surface area (Å²) in [5.41, 5.74) is 0.184. The van der Waals surface area contributed by atoms with Crippen molar-refractivity contribution in [3.63, 3.8) is 0 Å². The van der Waals surface area contributed by atoms with E-state index in [-0.39, 0.29) is 11.1 Å². The van der Waals surface area contributed by atoms with Gasteiger partial charge in [-0.15, -0.1) is 0 Å². The fourth-order valence-electron chi connectivity index (χ4n) is 2.33. The van der Waals surface area contributed by atoms with E-state index in [4.69, 9.17) is 4.74 Å². The van der Waals surface area contributed by atoms with Gasteiger partial charge in [0.05, 0.1) is 17.1 Å². The van der Waals surface area contributed by atoms with Gasteiger partial charge in [0.2, 0.25) is 0 Å². The molecular weight excluding hydrogens is 272 g/mol. The average molecular weight is 294 g/mol. The second-order valence-corrected chi connectivity index (χ2v) is 5.66. The van der Waals surface area contributed by atoms with Crippen molar-refractivity contribution < 1.29 is 9.66 Å². The molecule has 1 fully saturated rings. The first-order chi connectivity index (χ1) is 10.0. The number of aromatic nitrogens is 1. The van der Waals surface area contributed by atoms with E-state index in [1.54, 1.807) is 0 Å². The van der Waals surface area contributed by atoms with Crippen LogP contribution in [0.1, 0.15) is 26.7 Å². The van der Waals surface area contributed by atoms with Crippen LogP contribution in [0, 0.1) is 15.5 Å². The molecule has 116 valence electrons. The summed E-state index contributed by atoms with van der Waals surface area (Å²) in [6.07, 6.45) is 1.96. The predicted octanol–water partition coefficient (Wildman–Crippen LogP) is 2.65. The van der Waals surface area contributed by atoms with Gasteiger partial charge in [0, 0.05) is 26.3 Å². The van der Waals surface area contributed by atoms with Crippen molar-refractivity contribution in [2.75, 3.05) is 36.9 Å². The highest BCUT2D eigenvalue weighted by molar-refractivity contribution is 5.54. The molecule has 0 unspecified atom stereocenters. The van der Waals surface area contributed by atoms with Crippen LogP contribution in [0.5, 0.6) is 0 Å². The van der Waals surface area contributed by atoms with Crippen LogP contribution in [0.3, 0.4) is 0 Å². The Morgan fingerprint density at radius 3 is 2.52 bits per heavy atom. The minimum absolute atomic E-state index is 0.0422. The Morgan fingerprint density at radius 2 is 1.95 bits per heavy atom. The molecule has 0 aliphatic carbocycles. The first-order valence-electron chi connectivity index (χ1n) is 7.24. The highest BCUT2D eigenvalue weighted by Crippen LogP contribution is 2.30. The van der Waals surface area contributed by atoms with Crippen molar-refractivity contribution in [3.05, 3.63) is 22.2 Å². The van der Waals surface area contributed by atoms with Crippen molar-refractivity contribution in [1.29, 1.82) is 0 Å². The quantitative estimate of drug-likeness (QED) is 0.619. The minimum atomic E-state index is -0.399. The number of nitrogens with zero attached hydrogens (tertiary/aromatic N) is 2. The lowest BCUT2D eigenvalue weighted by molar-refractivity contribution is -0.384. The highest BCUT2D eigenvalue weighted by atomic mass is 16.6. The van der Waals surface area contributed by atoms with Crippen LogP contribution in [0.2, 0.25) is 0 Å². The lowest BCUT2D eigenvalue weighted by atomic mass is 9.82. The van der Waals surface area contributed by atoms with E-state index in [0.717, 1.165) is 32.6 Å². The van der Waals surface area contributed by atoms with Gasteiger partial charge in [-0.2, -0.15) is 0 Å². The maximum Gasteiger partial charge on any atom is 0.276 e. The zero-order valence-corrected chi connectivity index (χ0v) is 12.5. The molecule has 1 aromatic heterocycles. The molecule has 1 aromatic rings. The third-order valence-corrected chi connectivity index (χ3v) is 3.78. The topological polar surface area (TPSA) is 89.3 Å². The average Bonchev–Trinajstić information content (AvgIpc) is 2.46. The smallest absolute Gasteiger partial charge is 0.276 e. The fraction of sp³-hybridized carbons (Fsp3) is 0.643. The predicted molar refractivity (Wildman–Crippen MR) is 81.7 cm³/mol. The molecule has 1 saturated heterocycles. The van der Waals surface area contributed by atoms with E-state index >= 15 is 0 Å². The van der Waals surface area contributed by atoms with Crippen molar-refractivity contribution in [2.24, 2.45) is 5.41 Å². The van der Waals surface area contributed by atoms with Crippen LogP contribution in [-0.4, -0.2) is 36.2 Å². The van der Waals surface area contributed by atoms with E-state index in [0.29, 0.717) is 18.2 Å². The van der Waals surface area contributed by atoms with Gasteiger partial charge in [-0.05, 0) is 25.2 Å². The van der Waals surface area contributed by atoms with E-state index in [1.807, 2.05) is 6.92 Å². The van der Waals surface area contributed by atoms with Crippen molar-refractivity contribution in [1.82, 2.24) is 4.98 Å². The number of rotatable bonds is 6. The lowest BCUT2D eigenvalue weighted by Crippen LogP contribution is -2.33. The summed E-state index contributed by atoms with van der Waals surface area (Å²) in [5.74, 6) is 1.05. The minimum Gasteiger partial charge on any atom is -0.381 e. The molecule has 21 heavy (non-hydrogen) atoms. The summed E-state index contributed by atoms with van der Waals surface area (Å²) in [7, 11) is 0. The summed E-state index contributed by atoms with van der Waals surface area (Å²) in [4.78, 5) is 14.9. The second kappa shape index (κ2) is 6.71. The van der Waals surface area contributed by atoms with Gasteiger partial charge in [-0.1, -0.05) is 6.92 Å². The Balaban J connectivity index is 2.09. The first kappa shape index (κ1) is 15.5. The van der Waals surface area contributed by atoms with Crippen LogP contribution in [-0.2, 0) is 4.74 Å². The molecule has 0 radical (unpaired) electrons. The van der Waals surface area contributed by atoms with Crippen molar-refractivity contribution in [3.8, 4) is 0 Å². The summed E-state index contributed by atoms with van der Waals surface area (Å²) in [6.45, 7) is 7.06. The maximum atomic E-state index is 11.0. The number of hydrogen-bond donors (Lipinski definition) is 2. The van der Waals surface area contributed by atoms with Crippen LogP contribution in [0.25, 0.3) is 0 Å². The summed E-state index contributed by atoms with van der Waals surface area (Å²) in [5, 5.41) is 17.2. The molecule has 2 N–H and O–H groups in total. The Labute approximate surface area is 124 Å². The zero-order chi connectivity index (χ0) is 15.3. The normalized spacial score (nSPS) is 17.2. The van der Waals surface area contributed by atoms with Crippen molar-refractivity contribution >= 4 is 17.3 Å². The van der Waals surface area contributed by atoms with E-state index in [2.05, 4.69) is 22.5 Å². The van der Waals surface area contributed by atoms with Gasteiger partial charge in [-0.25, -0.2) is 4.98 Å². The number of nitrogens with one attached hydrogen (secondary N) is 2. The molecule has 1 aliphatic rings. The molecule has 0 aromatic carbocycles. The molecule has 2 rings (SSSR count). The van der Waals surface area contributed by atoms with Crippen LogP contribution in [0.4, 0.5) is 17.3 Å². The number of ether oxygens (including phenoxy) is 1. The van der Waals surface area contributed by atoms with Crippen LogP contribution < -0.4 is 10.6 Å². The number of hydrogen-bond acceptors (Lipinski definition) is 6. The van der Waals surface area contributed by atoms with Gasteiger partial charge in [0.1, 0.15) is 11.6 Å². The maximum absolute atomic E-state index is 11.0. The third kappa shape index (κ3) is 4.29. The van der Waals surface area contributed by atoms with Gasteiger partial charge < -0.3 is 15.4 Å². The standard InChI is InChI=1S/C14H22N4O3/c1-3-15-12-8-11(18(19)20)9-13(17-12)16-10-14(2)4-6-21-7-5-14/h8-9H,3-7,10H2,1-2H3,(H2,15,16,17). The third-order valence-electron chi connectivity index (χ3n) is 3.78. The second-order valence-electron chi connectivity index (χ2n) is 5.66. The Bertz CT molecular complexity index is 501. The molecule has 0 atom stereocenters. The molecule has 0 saturated carbocycles. The molecule has 7 heteroatoms. The number of nitro groups is 1. The van der Waals surface area contributed by atoms with Gasteiger partial charge >= 0.3 is 0 Å². The van der Waals surface area contributed by atoms with E-state index in [1.165, 1.54) is 12.1 Å². The number of pyridine rings is 1. The largest absolute Gasteiger partial charge is 0.381 e. The summed E-state index contributed by atoms with van der Waals surface area (Å²) >= 11 is 0. The molecule has 1 aliphatic heterocycles. The molecule has 0 spiro atoms. The van der Waals surface area contributed by atoms with Crippen molar-refractivity contribution in [2.45, 2.75) is 26.7 Å². The summed E-state index contributed by atoms with van der Waals surface area (Å²) in [6, 6.07) is 2.92. The van der Waals surface area contributed by atoms with Gasteiger partial charge in [0.25, 0.3) is 5.69 Å². The SMILES string of the molecule is CCNc1cc([N+](=O)[O-])cc(NCC2(C)CCOCC2)n1. The first-order valence-corrected chi connectivity index (χ1v) is 7.24. The van der Waals surface area contributed by atoms with Crippen LogP contribution >= 0.6 is 0 Å². The van der Waals surface area contributed by atoms with E-state index < -0.39 is 4.92 Å². The molecule has 7 nitrogen and oxygen atoms in total.